The number of hydrogen-bond acceptors (Lipinski definition) is 3. The lowest BCUT2D eigenvalue weighted by atomic mass is 10.1. The maximum absolute atomic E-state index is 9.57. The molecule has 0 unspecified atom stereocenters. The fraction of sp³-hybridized carbons (Fsp3) is 0.562. The topological polar surface area (TPSA) is 46.7 Å². The van der Waals surface area contributed by atoms with Gasteiger partial charge in [0.1, 0.15) is 6.07 Å². The Morgan fingerprint density at radius 3 is 2.25 bits per heavy atom. The van der Waals surface area contributed by atoms with Crippen molar-refractivity contribution in [2.45, 2.75) is 31.7 Å². The fourth-order valence-electron chi connectivity index (χ4n) is 2.91. The van der Waals surface area contributed by atoms with Gasteiger partial charge in [-0.1, -0.05) is 0 Å². The van der Waals surface area contributed by atoms with Crippen LogP contribution in [0.25, 0.3) is 0 Å². The van der Waals surface area contributed by atoms with Gasteiger partial charge in [0.2, 0.25) is 6.04 Å². The third-order valence-corrected chi connectivity index (χ3v) is 4.02. The smallest absolute Gasteiger partial charge is 0.200 e. The molecular formula is C16H23N2O2+. The van der Waals surface area contributed by atoms with Crippen molar-refractivity contribution in [3.8, 4) is 17.6 Å². The molecule has 1 saturated heterocycles. The molecule has 0 aliphatic carbocycles. The number of nitrogens with one attached hydrogen (secondary N) is 1. The molecular weight excluding hydrogens is 252 g/mol. The minimum Gasteiger partial charge on any atom is -0.493 e. The van der Waals surface area contributed by atoms with Crippen molar-refractivity contribution >= 4 is 0 Å². The van der Waals surface area contributed by atoms with Crippen molar-refractivity contribution in [2.24, 2.45) is 0 Å². The first kappa shape index (κ1) is 14.7. The second kappa shape index (κ2) is 7.16. The Balaban J connectivity index is 2.24. The SMILES string of the molecule is COc1ccc([C@@H](C#N)[NH+]2CCCCCC2)cc1OC. The van der Waals surface area contributed by atoms with Crippen LogP contribution < -0.4 is 14.4 Å². The van der Waals surface area contributed by atoms with Crippen LogP contribution in [0.5, 0.6) is 11.5 Å². The summed E-state index contributed by atoms with van der Waals surface area (Å²) in [6, 6.07) is 8.15. The van der Waals surface area contributed by atoms with Gasteiger partial charge >= 0.3 is 0 Å². The molecule has 0 saturated carbocycles. The summed E-state index contributed by atoms with van der Waals surface area (Å²) in [6.45, 7) is 2.15. The van der Waals surface area contributed by atoms with Gasteiger partial charge < -0.3 is 14.4 Å². The van der Waals surface area contributed by atoms with Gasteiger partial charge in [0.15, 0.2) is 11.5 Å². The average molecular weight is 275 g/mol. The Kier molecular flexibility index (Phi) is 5.25. The Morgan fingerprint density at radius 1 is 1.05 bits per heavy atom. The van der Waals surface area contributed by atoms with E-state index in [1.54, 1.807) is 14.2 Å². The lowest BCUT2D eigenvalue weighted by Crippen LogP contribution is -3.12. The molecule has 0 amide bonds. The number of nitriles is 1. The Hall–Kier alpha value is -1.73. The number of nitrogens with zero attached hydrogens (tertiary/aromatic N) is 1. The number of quaternary nitrogens is 1. The van der Waals surface area contributed by atoms with Crippen molar-refractivity contribution in [3.63, 3.8) is 0 Å². The molecule has 1 fully saturated rings. The second-order valence-electron chi connectivity index (χ2n) is 5.25. The minimum absolute atomic E-state index is 0.118. The van der Waals surface area contributed by atoms with Crippen LogP contribution in [-0.2, 0) is 0 Å². The normalized spacial score (nSPS) is 17.9. The summed E-state index contributed by atoms with van der Waals surface area (Å²) in [5, 5.41) is 9.57. The number of benzene rings is 1. The van der Waals surface area contributed by atoms with Crippen molar-refractivity contribution in [2.75, 3.05) is 27.3 Å². The molecule has 0 radical (unpaired) electrons. The highest BCUT2D eigenvalue weighted by molar-refractivity contribution is 5.44. The van der Waals surface area contributed by atoms with E-state index in [0.717, 1.165) is 18.7 Å². The standard InChI is InChI=1S/C16H22N2O2/c1-19-15-8-7-13(11-16(15)20-2)14(12-17)18-9-5-3-4-6-10-18/h7-8,11,14H,3-6,9-10H2,1-2H3/p+1/t14-/m1/s1. The summed E-state index contributed by atoms with van der Waals surface area (Å²) in [6.07, 6.45) is 4.99. The maximum atomic E-state index is 9.57. The molecule has 1 aliphatic heterocycles. The van der Waals surface area contributed by atoms with Gasteiger partial charge in [-0.2, -0.15) is 5.26 Å². The van der Waals surface area contributed by atoms with E-state index >= 15 is 0 Å². The first-order valence-electron chi connectivity index (χ1n) is 7.26. The molecule has 1 aliphatic rings. The van der Waals surface area contributed by atoms with E-state index in [4.69, 9.17) is 9.47 Å². The van der Waals surface area contributed by atoms with E-state index in [0.29, 0.717) is 11.5 Å². The molecule has 1 aromatic rings. The van der Waals surface area contributed by atoms with Crippen LogP contribution in [0.4, 0.5) is 0 Å². The zero-order valence-corrected chi connectivity index (χ0v) is 12.3. The molecule has 4 nitrogen and oxygen atoms in total. The molecule has 20 heavy (non-hydrogen) atoms. The van der Waals surface area contributed by atoms with E-state index < -0.39 is 0 Å². The Labute approximate surface area is 120 Å². The number of rotatable bonds is 4. The summed E-state index contributed by atoms with van der Waals surface area (Å²) in [7, 11) is 3.25. The zero-order chi connectivity index (χ0) is 14.4. The molecule has 1 aromatic carbocycles. The lowest BCUT2D eigenvalue weighted by molar-refractivity contribution is -0.922. The highest BCUT2D eigenvalue weighted by Crippen LogP contribution is 2.29. The maximum Gasteiger partial charge on any atom is 0.200 e. The quantitative estimate of drug-likeness (QED) is 0.910. The van der Waals surface area contributed by atoms with Gasteiger partial charge in [-0.3, -0.25) is 0 Å². The molecule has 4 heteroatoms. The number of hydrogen-bond donors (Lipinski definition) is 1. The van der Waals surface area contributed by atoms with Gasteiger partial charge in [-0.15, -0.1) is 0 Å². The van der Waals surface area contributed by atoms with Crippen LogP contribution in [0.2, 0.25) is 0 Å². The van der Waals surface area contributed by atoms with Crippen molar-refractivity contribution in [3.05, 3.63) is 23.8 Å². The first-order valence-corrected chi connectivity index (χ1v) is 7.26. The highest BCUT2D eigenvalue weighted by Gasteiger charge is 2.25. The molecule has 108 valence electrons. The van der Waals surface area contributed by atoms with Gasteiger partial charge in [-0.25, -0.2) is 0 Å². The van der Waals surface area contributed by atoms with Crippen molar-refractivity contribution in [1.82, 2.24) is 0 Å². The predicted octanol–water partition coefficient (Wildman–Crippen LogP) is 1.73. The third kappa shape index (κ3) is 3.23. The van der Waals surface area contributed by atoms with Gasteiger partial charge in [0.05, 0.1) is 27.3 Å². The Bertz CT molecular complexity index is 474. The van der Waals surface area contributed by atoms with Crippen molar-refractivity contribution in [1.29, 1.82) is 5.26 Å². The van der Waals surface area contributed by atoms with Crippen LogP contribution >= 0.6 is 0 Å². The molecule has 0 aromatic heterocycles. The summed E-state index contributed by atoms with van der Waals surface area (Å²) < 4.78 is 10.6. The van der Waals surface area contributed by atoms with Gasteiger partial charge in [-0.05, 0) is 43.9 Å². The van der Waals surface area contributed by atoms with Crippen LogP contribution in [0, 0.1) is 11.3 Å². The highest BCUT2D eigenvalue weighted by atomic mass is 16.5. The fourth-order valence-corrected chi connectivity index (χ4v) is 2.91. The van der Waals surface area contributed by atoms with Crippen molar-refractivity contribution < 1.29 is 14.4 Å². The first-order chi connectivity index (χ1) is 9.80. The number of likely N-dealkylation sites (tertiary alicyclic amines) is 1. The van der Waals surface area contributed by atoms with Gasteiger partial charge in [0.25, 0.3) is 0 Å². The lowest BCUT2D eigenvalue weighted by Gasteiger charge is -2.23. The molecule has 2 rings (SSSR count). The Morgan fingerprint density at radius 2 is 1.70 bits per heavy atom. The van der Waals surface area contributed by atoms with E-state index in [-0.39, 0.29) is 6.04 Å². The predicted molar refractivity (Wildman–Crippen MR) is 77.1 cm³/mol. The molecule has 0 bridgehead atoms. The zero-order valence-electron chi connectivity index (χ0n) is 12.3. The van der Waals surface area contributed by atoms with E-state index in [9.17, 15) is 5.26 Å². The largest absolute Gasteiger partial charge is 0.493 e. The van der Waals surface area contributed by atoms with Gasteiger partial charge in [0, 0.05) is 5.56 Å². The van der Waals surface area contributed by atoms with Crippen LogP contribution in [-0.4, -0.2) is 27.3 Å². The van der Waals surface area contributed by atoms with Crippen LogP contribution in [0.1, 0.15) is 37.3 Å². The van der Waals surface area contributed by atoms with E-state index in [2.05, 4.69) is 6.07 Å². The number of ether oxygens (including phenoxy) is 2. The van der Waals surface area contributed by atoms with Crippen LogP contribution in [0.15, 0.2) is 18.2 Å². The summed E-state index contributed by atoms with van der Waals surface area (Å²) in [4.78, 5) is 1.37. The van der Waals surface area contributed by atoms with E-state index in [1.165, 1.54) is 30.6 Å². The minimum atomic E-state index is -0.118. The third-order valence-electron chi connectivity index (χ3n) is 4.02. The monoisotopic (exact) mass is 275 g/mol. The van der Waals surface area contributed by atoms with E-state index in [1.807, 2.05) is 18.2 Å². The summed E-state index contributed by atoms with van der Waals surface area (Å²) >= 11 is 0. The molecule has 1 heterocycles. The second-order valence-corrected chi connectivity index (χ2v) is 5.25. The molecule has 1 N–H and O–H groups in total. The molecule has 1 atom stereocenters. The summed E-state index contributed by atoms with van der Waals surface area (Å²) in [5.41, 5.74) is 1.02. The average Bonchev–Trinajstić information content (AvgIpc) is 2.77. The molecule has 0 spiro atoms. The number of methoxy groups -OCH3 is 2. The summed E-state index contributed by atoms with van der Waals surface area (Å²) in [5.74, 6) is 1.40. The van der Waals surface area contributed by atoms with Crippen LogP contribution in [0.3, 0.4) is 0 Å².